The maximum Gasteiger partial charge on any atom is 0.0557 e. The first-order valence-electron chi connectivity index (χ1n) is 3.54. The van der Waals surface area contributed by atoms with E-state index in [0.29, 0.717) is 0 Å². The lowest BCUT2D eigenvalue weighted by molar-refractivity contribution is 0.623. The standard InChI is InChI=1S/C7H11N3/c1-6-3-2-4-7(5-6)9-10-8/h5,7H,2-4H2,1H3. The van der Waals surface area contributed by atoms with Gasteiger partial charge in [-0.3, -0.25) is 0 Å². The number of hydrogen-bond acceptors (Lipinski definition) is 1. The molecule has 1 aliphatic carbocycles. The highest BCUT2D eigenvalue weighted by molar-refractivity contribution is 5.07. The van der Waals surface area contributed by atoms with Crippen molar-refractivity contribution < 1.29 is 0 Å². The summed E-state index contributed by atoms with van der Waals surface area (Å²) in [7, 11) is 0. The maximum atomic E-state index is 8.13. The van der Waals surface area contributed by atoms with E-state index >= 15 is 0 Å². The van der Waals surface area contributed by atoms with Gasteiger partial charge in [-0.05, 0) is 31.7 Å². The summed E-state index contributed by atoms with van der Waals surface area (Å²) in [4.78, 5) is 2.77. The van der Waals surface area contributed by atoms with Crippen LogP contribution in [0.3, 0.4) is 0 Å². The molecule has 0 aromatic rings. The van der Waals surface area contributed by atoms with Crippen LogP contribution in [0.4, 0.5) is 0 Å². The van der Waals surface area contributed by atoms with Gasteiger partial charge in [0.2, 0.25) is 0 Å². The van der Waals surface area contributed by atoms with Crippen molar-refractivity contribution >= 4 is 0 Å². The minimum atomic E-state index is 0.124. The van der Waals surface area contributed by atoms with Gasteiger partial charge in [0, 0.05) is 4.91 Å². The first kappa shape index (κ1) is 7.16. The Balaban J connectivity index is 2.61. The van der Waals surface area contributed by atoms with Crippen LogP contribution >= 0.6 is 0 Å². The van der Waals surface area contributed by atoms with E-state index < -0.39 is 0 Å². The molecule has 0 aromatic heterocycles. The van der Waals surface area contributed by atoms with E-state index in [4.69, 9.17) is 5.53 Å². The summed E-state index contributed by atoms with van der Waals surface area (Å²) in [6.45, 7) is 2.08. The zero-order chi connectivity index (χ0) is 7.40. The molecule has 3 nitrogen and oxygen atoms in total. The van der Waals surface area contributed by atoms with Crippen LogP contribution in [0.5, 0.6) is 0 Å². The predicted octanol–water partition coefficient (Wildman–Crippen LogP) is 2.80. The maximum absolute atomic E-state index is 8.13. The van der Waals surface area contributed by atoms with Gasteiger partial charge < -0.3 is 0 Å². The van der Waals surface area contributed by atoms with Gasteiger partial charge in [-0.15, -0.1) is 0 Å². The molecule has 3 heteroatoms. The second kappa shape index (κ2) is 3.28. The van der Waals surface area contributed by atoms with Crippen molar-refractivity contribution in [3.63, 3.8) is 0 Å². The van der Waals surface area contributed by atoms with Crippen LogP contribution in [-0.4, -0.2) is 6.04 Å². The van der Waals surface area contributed by atoms with Crippen LogP contribution in [0.25, 0.3) is 10.4 Å². The van der Waals surface area contributed by atoms with Crippen LogP contribution in [0.15, 0.2) is 16.8 Å². The van der Waals surface area contributed by atoms with E-state index in [1.165, 1.54) is 5.57 Å². The van der Waals surface area contributed by atoms with Crippen LogP contribution in [-0.2, 0) is 0 Å². The quantitative estimate of drug-likeness (QED) is 0.231. The second-order valence-corrected chi connectivity index (χ2v) is 2.68. The highest BCUT2D eigenvalue weighted by Crippen LogP contribution is 2.19. The minimum absolute atomic E-state index is 0.124. The van der Waals surface area contributed by atoms with E-state index in [1.54, 1.807) is 0 Å². The van der Waals surface area contributed by atoms with Crippen molar-refractivity contribution in [1.82, 2.24) is 0 Å². The molecule has 0 heterocycles. The molecule has 0 N–H and O–H groups in total. The third-order valence-electron chi connectivity index (χ3n) is 1.75. The summed E-state index contributed by atoms with van der Waals surface area (Å²) in [5.74, 6) is 0. The summed E-state index contributed by atoms with van der Waals surface area (Å²) in [6.07, 6.45) is 5.40. The Labute approximate surface area is 60.4 Å². The van der Waals surface area contributed by atoms with Gasteiger partial charge >= 0.3 is 0 Å². The van der Waals surface area contributed by atoms with Gasteiger partial charge in [0.05, 0.1) is 6.04 Å². The summed E-state index contributed by atoms with van der Waals surface area (Å²) in [5, 5.41) is 3.64. The van der Waals surface area contributed by atoms with Crippen LogP contribution < -0.4 is 0 Å². The van der Waals surface area contributed by atoms with Gasteiger partial charge in [-0.2, -0.15) is 0 Å². The molecule has 1 unspecified atom stereocenters. The first-order chi connectivity index (χ1) is 4.83. The summed E-state index contributed by atoms with van der Waals surface area (Å²) in [6, 6.07) is 0.124. The molecular weight excluding hydrogens is 126 g/mol. The molecule has 0 aliphatic heterocycles. The molecule has 0 fully saturated rings. The van der Waals surface area contributed by atoms with Gasteiger partial charge in [0.1, 0.15) is 0 Å². The SMILES string of the molecule is CC1=CC(N=[N+]=[N-])CCC1. The van der Waals surface area contributed by atoms with Crippen molar-refractivity contribution in [2.45, 2.75) is 32.2 Å². The first-order valence-corrected chi connectivity index (χ1v) is 3.54. The Morgan fingerprint density at radius 3 is 3.20 bits per heavy atom. The number of allylic oxidation sites excluding steroid dienone is 1. The fourth-order valence-corrected chi connectivity index (χ4v) is 1.24. The lowest BCUT2D eigenvalue weighted by Crippen LogP contribution is -2.04. The number of hydrogen-bond donors (Lipinski definition) is 0. The third-order valence-corrected chi connectivity index (χ3v) is 1.75. The molecule has 1 aliphatic rings. The van der Waals surface area contributed by atoms with Crippen molar-refractivity contribution in [2.75, 3.05) is 0 Å². The van der Waals surface area contributed by atoms with E-state index in [2.05, 4.69) is 23.0 Å². The lowest BCUT2D eigenvalue weighted by Gasteiger charge is -2.13. The zero-order valence-corrected chi connectivity index (χ0v) is 6.12. The molecular formula is C7H11N3. The minimum Gasteiger partial charge on any atom is -0.0865 e. The Morgan fingerprint density at radius 1 is 1.80 bits per heavy atom. The molecule has 0 amide bonds. The van der Waals surface area contributed by atoms with Crippen LogP contribution in [0.1, 0.15) is 26.2 Å². The normalized spacial score (nSPS) is 24.9. The van der Waals surface area contributed by atoms with E-state index in [1.807, 2.05) is 0 Å². The topological polar surface area (TPSA) is 48.8 Å². The molecule has 1 atom stereocenters. The van der Waals surface area contributed by atoms with Crippen LogP contribution in [0.2, 0.25) is 0 Å². The lowest BCUT2D eigenvalue weighted by atomic mass is 9.98. The molecule has 10 heavy (non-hydrogen) atoms. The van der Waals surface area contributed by atoms with Gasteiger partial charge in [-0.1, -0.05) is 16.8 Å². The fourth-order valence-electron chi connectivity index (χ4n) is 1.24. The number of nitrogens with zero attached hydrogens (tertiary/aromatic N) is 3. The Kier molecular flexibility index (Phi) is 2.35. The molecule has 0 radical (unpaired) electrons. The second-order valence-electron chi connectivity index (χ2n) is 2.68. The Bertz CT molecular complexity index is 189. The monoisotopic (exact) mass is 137 g/mol. The smallest absolute Gasteiger partial charge is 0.0557 e. The van der Waals surface area contributed by atoms with Gasteiger partial charge in [-0.25, -0.2) is 0 Å². The Hall–Kier alpha value is -0.950. The Morgan fingerprint density at radius 2 is 2.60 bits per heavy atom. The molecule has 0 saturated heterocycles. The number of rotatable bonds is 1. The van der Waals surface area contributed by atoms with E-state index in [9.17, 15) is 0 Å². The van der Waals surface area contributed by atoms with E-state index in [-0.39, 0.29) is 6.04 Å². The van der Waals surface area contributed by atoms with Crippen molar-refractivity contribution in [3.05, 3.63) is 22.1 Å². The summed E-state index contributed by atoms with van der Waals surface area (Å²) >= 11 is 0. The number of azide groups is 1. The molecule has 0 bridgehead atoms. The van der Waals surface area contributed by atoms with Crippen LogP contribution in [0, 0.1) is 0 Å². The molecule has 54 valence electrons. The molecule has 0 saturated carbocycles. The molecule has 0 aromatic carbocycles. The fraction of sp³-hybridized carbons (Fsp3) is 0.714. The highest BCUT2D eigenvalue weighted by Gasteiger charge is 2.08. The van der Waals surface area contributed by atoms with Crippen molar-refractivity contribution in [1.29, 1.82) is 0 Å². The third kappa shape index (κ3) is 1.78. The predicted molar refractivity (Wildman–Crippen MR) is 40.5 cm³/mol. The average Bonchev–Trinajstić information content (AvgIpc) is 1.88. The average molecular weight is 137 g/mol. The summed E-state index contributed by atoms with van der Waals surface area (Å²) in [5.41, 5.74) is 9.48. The highest BCUT2D eigenvalue weighted by atomic mass is 15.1. The van der Waals surface area contributed by atoms with E-state index in [0.717, 1.165) is 19.3 Å². The van der Waals surface area contributed by atoms with Crippen molar-refractivity contribution in [2.24, 2.45) is 5.11 Å². The van der Waals surface area contributed by atoms with Gasteiger partial charge in [0.25, 0.3) is 0 Å². The van der Waals surface area contributed by atoms with Crippen molar-refractivity contribution in [3.8, 4) is 0 Å². The summed E-state index contributed by atoms with van der Waals surface area (Å²) < 4.78 is 0. The van der Waals surface area contributed by atoms with Gasteiger partial charge in [0.15, 0.2) is 0 Å². The largest absolute Gasteiger partial charge is 0.0865 e. The molecule has 1 rings (SSSR count). The zero-order valence-electron chi connectivity index (χ0n) is 6.12. The molecule has 0 spiro atoms.